The number of rotatable bonds is 2. The lowest BCUT2D eigenvalue weighted by molar-refractivity contribution is -0.120. The standard InChI is InChI=1S/C18H20N2O/c1-13-7-9-15(10-8-13)20(2)18(21)17-16-6-4-3-5-14(16)11-12-19-17/h3-10,17,19H,11-12H2,1-2H3. The van der Waals surface area contributed by atoms with Crippen LogP contribution in [0.5, 0.6) is 0 Å². The predicted octanol–water partition coefficient (Wildman–Crippen LogP) is 2.84. The fraction of sp³-hybridized carbons (Fsp3) is 0.278. The molecule has 1 heterocycles. The smallest absolute Gasteiger partial charge is 0.248 e. The van der Waals surface area contributed by atoms with Gasteiger partial charge in [-0.25, -0.2) is 0 Å². The monoisotopic (exact) mass is 280 g/mol. The molecule has 3 heteroatoms. The molecule has 2 aromatic rings. The summed E-state index contributed by atoms with van der Waals surface area (Å²) in [6.07, 6.45) is 0.980. The third-order valence-corrected chi connectivity index (χ3v) is 4.11. The van der Waals surface area contributed by atoms with Crippen LogP contribution in [-0.4, -0.2) is 19.5 Å². The lowest BCUT2D eigenvalue weighted by Gasteiger charge is -2.29. The Morgan fingerprint density at radius 1 is 1.14 bits per heavy atom. The number of anilines is 1. The number of fused-ring (bicyclic) bond motifs is 1. The van der Waals surface area contributed by atoms with Crippen LogP contribution in [0.3, 0.4) is 0 Å². The topological polar surface area (TPSA) is 32.3 Å². The van der Waals surface area contributed by atoms with E-state index in [2.05, 4.69) is 11.4 Å². The normalized spacial score (nSPS) is 17.1. The first-order chi connectivity index (χ1) is 10.2. The van der Waals surface area contributed by atoms with Gasteiger partial charge in [0, 0.05) is 19.3 Å². The van der Waals surface area contributed by atoms with Crippen molar-refractivity contribution in [3.05, 3.63) is 65.2 Å². The van der Waals surface area contributed by atoms with Crippen molar-refractivity contribution >= 4 is 11.6 Å². The summed E-state index contributed by atoms with van der Waals surface area (Å²) in [6, 6.07) is 16.0. The molecule has 1 N–H and O–H groups in total. The maximum Gasteiger partial charge on any atom is 0.248 e. The molecule has 0 aliphatic carbocycles. The summed E-state index contributed by atoms with van der Waals surface area (Å²) < 4.78 is 0. The number of amides is 1. The van der Waals surface area contributed by atoms with Crippen LogP contribution in [0, 0.1) is 6.92 Å². The van der Waals surface area contributed by atoms with Crippen LogP contribution in [0.15, 0.2) is 48.5 Å². The molecule has 3 rings (SSSR count). The second-order valence-electron chi connectivity index (χ2n) is 5.57. The van der Waals surface area contributed by atoms with Gasteiger partial charge >= 0.3 is 0 Å². The quantitative estimate of drug-likeness (QED) is 0.917. The summed E-state index contributed by atoms with van der Waals surface area (Å²) in [5.41, 5.74) is 4.50. The van der Waals surface area contributed by atoms with Gasteiger partial charge in [-0.05, 0) is 36.6 Å². The average Bonchev–Trinajstić information content (AvgIpc) is 2.53. The molecule has 1 atom stereocenters. The van der Waals surface area contributed by atoms with Crippen molar-refractivity contribution in [2.75, 3.05) is 18.5 Å². The Balaban J connectivity index is 1.87. The summed E-state index contributed by atoms with van der Waals surface area (Å²) in [5.74, 6) is 0.0889. The number of hydrogen-bond donors (Lipinski definition) is 1. The third kappa shape index (κ3) is 2.69. The van der Waals surface area contributed by atoms with Crippen LogP contribution in [0.4, 0.5) is 5.69 Å². The van der Waals surface area contributed by atoms with Gasteiger partial charge < -0.3 is 10.2 Å². The zero-order valence-corrected chi connectivity index (χ0v) is 12.5. The Morgan fingerprint density at radius 3 is 2.62 bits per heavy atom. The largest absolute Gasteiger partial charge is 0.314 e. The van der Waals surface area contributed by atoms with E-state index in [1.54, 1.807) is 4.90 Å². The van der Waals surface area contributed by atoms with E-state index in [1.165, 1.54) is 11.1 Å². The fourth-order valence-electron chi connectivity index (χ4n) is 2.81. The molecule has 3 nitrogen and oxygen atoms in total. The van der Waals surface area contributed by atoms with Crippen LogP contribution in [0.25, 0.3) is 0 Å². The second kappa shape index (κ2) is 5.70. The molecule has 1 unspecified atom stereocenters. The minimum atomic E-state index is -0.249. The number of carbonyl (C=O) groups excluding carboxylic acids is 1. The molecule has 0 bridgehead atoms. The summed E-state index contributed by atoms with van der Waals surface area (Å²) in [7, 11) is 1.84. The Labute approximate surface area is 125 Å². The van der Waals surface area contributed by atoms with Gasteiger partial charge in [0.15, 0.2) is 0 Å². The number of aryl methyl sites for hydroxylation is 1. The molecule has 0 aromatic heterocycles. The lowest BCUT2D eigenvalue weighted by atomic mass is 9.93. The molecule has 0 saturated carbocycles. The Hall–Kier alpha value is -2.13. The zero-order chi connectivity index (χ0) is 14.8. The summed E-state index contributed by atoms with van der Waals surface area (Å²) in [4.78, 5) is 14.5. The van der Waals surface area contributed by atoms with Gasteiger partial charge in [0.1, 0.15) is 6.04 Å². The van der Waals surface area contributed by atoms with Crippen LogP contribution in [0.1, 0.15) is 22.7 Å². The van der Waals surface area contributed by atoms with Gasteiger partial charge in [-0.15, -0.1) is 0 Å². The number of hydrogen-bond acceptors (Lipinski definition) is 2. The van der Waals surface area contributed by atoms with Gasteiger partial charge in [0.2, 0.25) is 5.91 Å². The van der Waals surface area contributed by atoms with E-state index < -0.39 is 0 Å². The minimum absolute atomic E-state index is 0.0889. The molecule has 1 aliphatic rings. The number of nitrogens with zero attached hydrogens (tertiary/aromatic N) is 1. The van der Waals surface area contributed by atoms with E-state index >= 15 is 0 Å². The van der Waals surface area contributed by atoms with Gasteiger partial charge in [-0.2, -0.15) is 0 Å². The van der Waals surface area contributed by atoms with Crippen molar-refractivity contribution < 1.29 is 4.79 Å². The first kappa shape index (κ1) is 13.8. The summed E-state index contributed by atoms with van der Waals surface area (Å²) in [5, 5.41) is 3.35. The second-order valence-corrected chi connectivity index (χ2v) is 5.57. The third-order valence-electron chi connectivity index (χ3n) is 4.11. The van der Waals surface area contributed by atoms with Gasteiger partial charge in [-0.1, -0.05) is 42.0 Å². The highest BCUT2D eigenvalue weighted by molar-refractivity contribution is 5.97. The highest BCUT2D eigenvalue weighted by Gasteiger charge is 2.28. The van der Waals surface area contributed by atoms with Crippen molar-refractivity contribution in [2.45, 2.75) is 19.4 Å². The molecule has 108 valence electrons. The number of likely N-dealkylation sites (N-methyl/N-ethyl adjacent to an activating group) is 1. The molecular formula is C18H20N2O. The van der Waals surface area contributed by atoms with Crippen molar-refractivity contribution in [1.29, 1.82) is 0 Å². The summed E-state index contributed by atoms with van der Waals surface area (Å²) >= 11 is 0. The number of nitrogens with one attached hydrogen (secondary N) is 1. The molecule has 0 fully saturated rings. The molecule has 0 radical (unpaired) electrons. The first-order valence-corrected chi connectivity index (χ1v) is 7.32. The maximum atomic E-state index is 12.8. The van der Waals surface area contributed by atoms with Crippen LogP contribution in [0.2, 0.25) is 0 Å². The van der Waals surface area contributed by atoms with Crippen molar-refractivity contribution in [3.63, 3.8) is 0 Å². The fourth-order valence-corrected chi connectivity index (χ4v) is 2.81. The van der Waals surface area contributed by atoms with E-state index in [9.17, 15) is 4.79 Å². The molecule has 21 heavy (non-hydrogen) atoms. The van der Waals surface area contributed by atoms with E-state index in [0.29, 0.717) is 0 Å². The Morgan fingerprint density at radius 2 is 1.86 bits per heavy atom. The Bertz CT molecular complexity index is 649. The summed E-state index contributed by atoms with van der Waals surface area (Å²) in [6.45, 7) is 2.89. The van der Waals surface area contributed by atoms with E-state index in [4.69, 9.17) is 0 Å². The van der Waals surface area contributed by atoms with Crippen molar-refractivity contribution in [3.8, 4) is 0 Å². The molecular weight excluding hydrogens is 260 g/mol. The van der Waals surface area contributed by atoms with Gasteiger partial charge in [-0.3, -0.25) is 4.79 Å². The maximum absolute atomic E-state index is 12.8. The SMILES string of the molecule is Cc1ccc(N(C)C(=O)C2NCCc3ccccc32)cc1. The number of carbonyl (C=O) groups is 1. The predicted molar refractivity (Wildman–Crippen MR) is 85.5 cm³/mol. The van der Waals surface area contributed by atoms with E-state index in [-0.39, 0.29) is 11.9 Å². The van der Waals surface area contributed by atoms with E-state index in [0.717, 1.165) is 24.2 Å². The highest BCUT2D eigenvalue weighted by Crippen LogP contribution is 2.26. The van der Waals surface area contributed by atoms with Gasteiger partial charge in [0.25, 0.3) is 0 Å². The minimum Gasteiger partial charge on any atom is -0.314 e. The van der Waals surface area contributed by atoms with Crippen molar-refractivity contribution in [1.82, 2.24) is 5.32 Å². The molecule has 1 amide bonds. The van der Waals surface area contributed by atoms with Crippen LogP contribution < -0.4 is 10.2 Å². The van der Waals surface area contributed by atoms with E-state index in [1.807, 2.05) is 56.4 Å². The number of benzene rings is 2. The van der Waals surface area contributed by atoms with Crippen molar-refractivity contribution in [2.24, 2.45) is 0 Å². The zero-order valence-electron chi connectivity index (χ0n) is 12.5. The van der Waals surface area contributed by atoms with Crippen LogP contribution >= 0.6 is 0 Å². The Kier molecular flexibility index (Phi) is 3.76. The molecule has 1 aliphatic heterocycles. The van der Waals surface area contributed by atoms with Gasteiger partial charge in [0.05, 0.1) is 0 Å². The highest BCUT2D eigenvalue weighted by atomic mass is 16.2. The molecule has 0 spiro atoms. The van der Waals surface area contributed by atoms with Crippen LogP contribution in [-0.2, 0) is 11.2 Å². The molecule has 2 aromatic carbocycles. The molecule has 0 saturated heterocycles. The first-order valence-electron chi connectivity index (χ1n) is 7.32. The average molecular weight is 280 g/mol. The lowest BCUT2D eigenvalue weighted by Crippen LogP contribution is -2.42.